The van der Waals surface area contributed by atoms with Crippen molar-refractivity contribution in [2.45, 2.75) is 130 Å². The molecule has 0 radical (unpaired) electrons. The van der Waals surface area contributed by atoms with Crippen molar-refractivity contribution in [2.75, 3.05) is 52.4 Å². The molecular weight excluding hydrogens is 898 g/mol. The van der Waals surface area contributed by atoms with Crippen molar-refractivity contribution in [3.8, 4) is 23.8 Å². The van der Waals surface area contributed by atoms with Crippen molar-refractivity contribution >= 4 is 62.4 Å². The minimum absolute atomic E-state index is 0.0101. The smallest absolute Gasteiger partial charge is 0.264 e. The molecule has 2 unspecified atom stereocenters. The molecule has 62 heavy (non-hydrogen) atoms. The van der Waals surface area contributed by atoms with Gasteiger partial charge < -0.3 is 29.7 Å². The van der Waals surface area contributed by atoms with Gasteiger partial charge in [-0.25, -0.2) is 0 Å². The number of ether oxygens (including phenoxy) is 3. The molecule has 2 aliphatic rings. The molecule has 1 aliphatic heterocycles. The third-order valence-electron chi connectivity index (χ3n) is 9.03. The number of aliphatic hydroxyl groups is 2. The lowest BCUT2D eigenvalue weighted by atomic mass is 9.65. The molecular formula is C46H70Cl4N2O9S. The Bertz CT molecular complexity index is 1830. The molecule has 1 saturated heterocycles. The van der Waals surface area contributed by atoms with Gasteiger partial charge in [-0.05, 0) is 117 Å². The Balaban J connectivity index is 0.000000617. The summed E-state index contributed by atoms with van der Waals surface area (Å²) in [4.78, 5) is 13.0. The monoisotopic (exact) mass is 966 g/mol. The van der Waals surface area contributed by atoms with E-state index in [1.807, 2.05) is 52.0 Å². The lowest BCUT2D eigenvalue weighted by Gasteiger charge is -2.39. The number of carbonyl (C=O) groups is 1. The summed E-state index contributed by atoms with van der Waals surface area (Å²) in [6.07, 6.45) is 11.5. The van der Waals surface area contributed by atoms with Crippen LogP contribution in [0.1, 0.15) is 112 Å². The second-order valence-electron chi connectivity index (χ2n) is 18.5. The van der Waals surface area contributed by atoms with Gasteiger partial charge >= 0.3 is 0 Å². The van der Waals surface area contributed by atoms with Crippen molar-refractivity contribution in [2.24, 2.45) is 5.92 Å². The third-order valence-corrected chi connectivity index (χ3v) is 11.0. The van der Waals surface area contributed by atoms with Gasteiger partial charge in [-0.1, -0.05) is 85.1 Å². The van der Waals surface area contributed by atoms with Gasteiger partial charge in [0.05, 0.1) is 45.2 Å². The second kappa shape index (κ2) is 26.0. The predicted molar refractivity (Wildman–Crippen MR) is 255 cm³/mol. The number of rotatable bonds is 14. The molecule has 11 nitrogen and oxygen atoms in total. The first-order chi connectivity index (χ1) is 28.5. The van der Waals surface area contributed by atoms with E-state index < -0.39 is 27.2 Å². The Kier molecular flexibility index (Phi) is 24.2. The Morgan fingerprint density at radius 3 is 1.63 bits per heavy atom. The van der Waals surface area contributed by atoms with Gasteiger partial charge in [0.1, 0.15) is 19.3 Å². The lowest BCUT2D eigenvalue weighted by Crippen LogP contribution is -2.39. The molecule has 16 heteroatoms. The Morgan fingerprint density at radius 1 is 0.887 bits per heavy atom. The number of nitrogens with zero attached hydrogens (tertiary/aromatic N) is 1. The minimum atomic E-state index is -3.28. The molecule has 0 aromatic heterocycles. The Labute approximate surface area is 392 Å². The highest BCUT2D eigenvalue weighted by molar-refractivity contribution is 7.86. The summed E-state index contributed by atoms with van der Waals surface area (Å²) in [6, 6.07) is 7.53. The average Bonchev–Trinajstić information content (AvgIpc) is 4.00. The number of benzene rings is 2. The second-order valence-corrected chi connectivity index (χ2v) is 21.7. The van der Waals surface area contributed by atoms with E-state index in [0.717, 1.165) is 49.5 Å². The summed E-state index contributed by atoms with van der Waals surface area (Å²) in [5.74, 6) is 2.88. The standard InChI is InChI=1S/C28H32Cl4O5.C7H13NO.C6H13N.C5H12O3S/c1-3-9-35-16-21(34)17-37-27-24(31)12-20(13-25(27)32)28(7-5-4-6-8-28)19-10-22(29)26(23(30)11-19)36-15-18(2)14-33;1-5-6(9)8-7(2,3)4;1-6(2,3)7-4-5-7;1-5(2,3)8-9(4,6)7/h1,10-13,18,21,33-34H,4-9,14-17H2,2H3;5H,1H2,2-4H3,(H,8,9);4-5H2,1-3H3;1-4H3. The summed E-state index contributed by atoms with van der Waals surface area (Å²) < 4.78 is 42.1. The predicted octanol–water partition coefficient (Wildman–Crippen LogP) is 9.90. The first-order valence-electron chi connectivity index (χ1n) is 20.6. The van der Waals surface area contributed by atoms with Gasteiger partial charge in [0, 0.05) is 42.1 Å². The molecule has 0 spiro atoms. The van der Waals surface area contributed by atoms with Crippen LogP contribution < -0.4 is 14.8 Å². The zero-order chi connectivity index (χ0) is 47.7. The fourth-order valence-electron chi connectivity index (χ4n) is 6.20. The van der Waals surface area contributed by atoms with Crippen LogP contribution in [0.5, 0.6) is 11.5 Å². The first-order valence-corrected chi connectivity index (χ1v) is 24.0. The maximum absolute atomic E-state index is 10.6. The first kappa shape index (κ1) is 57.7. The summed E-state index contributed by atoms with van der Waals surface area (Å²) in [6.45, 7) is 25.8. The zero-order valence-corrected chi connectivity index (χ0v) is 42.3. The lowest BCUT2D eigenvalue weighted by molar-refractivity contribution is -0.117. The van der Waals surface area contributed by atoms with E-state index in [-0.39, 0.29) is 43.8 Å². The van der Waals surface area contributed by atoms with Crippen LogP contribution in [0.25, 0.3) is 0 Å². The molecule has 2 aromatic carbocycles. The van der Waals surface area contributed by atoms with Crippen molar-refractivity contribution < 1.29 is 41.8 Å². The number of amides is 1. The minimum Gasteiger partial charge on any atom is -0.490 e. The van der Waals surface area contributed by atoms with Crippen molar-refractivity contribution in [3.63, 3.8) is 0 Å². The summed E-state index contributed by atoms with van der Waals surface area (Å²) in [5, 5.41) is 23.6. The van der Waals surface area contributed by atoms with Gasteiger partial charge in [0.15, 0.2) is 11.5 Å². The Morgan fingerprint density at radius 2 is 1.34 bits per heavy atom. The van der Waals surface area contributed by atoms with Gasteiger partial charge in [0.25, 0.3) is 10.1 Å². The van der Waals surface area contributed by atoms with Gasteiger partial charge in [-0.2, -0.15) is 8.42 Å². The molecule has 4 rings (SSSR count). The average molecular weight is 969 g/mol. The molecule has 352 valence electrons. The van der Waals surface area contributed by atoms with Gasteiger partial charge in [-0.15, -0.1) is 6.42 Å². The molecule has 2 atom stereocenters. The largest absolute Gasteiger partial charge is 0.490 e. The molecule has 1 amide bonds. The number of hydrogen-bond acceptors (Lipinski definition) is 10. The molecule has 1 aliphatic carbocycles. The molecule has 0 bridgehead atoms. The third kappa shape index (κ3) is 22.6. The molecule has 3 N–H and O–H groups in total. The van der Waals surface area contributed by atoms with Crippen LogP contribution in [-0.4, -0.2) is 105 Å². The quantitative estimate of drug-likeness (QED) is 0.0551. The van der Waals surface area contributed by atoms with Crippen LogP contribution in [0.2, 0.25) is 20.1 Å². The summed E-state index contributed by atoms with van der Waals surface area (Å²) in [5.41, 5.74) is 1.21. The van der Waals surface area contributed by atoms with E-state index >= 15 is 0 Å². The van der Waals surface area contributed by atoms with Crippen LogP contribution in [0, 0.1) is 18.3 Å². The fourth-order valence-corrected chi connectivity index (χ4v) is 8.30. The number of terminal acetylenes is 1. The summed E-state index contributed by atoms with van der Waals surface area (Å²) >= 11 is 26.6. The number of carbonyl (C=O) groups excluding carboxylic acids is 1. The van der Waals surface area contributed by atoms with E-state index in [9.17, 15) is 23.4 Å². The van der Waals surface area contributed by atoms with Crippen LogP contribution in [-0.2, 0) is 29.2 Å². The van der Waals surface area contributed by atoms with E-state index in [0.29, 0.717) is 43.7 Å². The van der Waals surface area contributed by atoms with Gasteiger partial charge in [-0.3, -0.25) is 13.9 Å². The van der Waals surface area contributed by atoms with E-state index in [1.165, 1.54) is 19.2 Å². The van der Waals surface area contributed by atoms with E-state index in [4.69, 9.17) is 67.0 Å². The fraction of sp³-hybridized carbons (Fsp3) is 0.630. The number of aliphatic hydroxyl groups excluding tert-OH is 2. The van der Waals surface area contributed by atoms with Crippen LogP contribution in [0.4, 0.5) is 0 Å². The maximum atomic E-state index is 10.6. The van der Waals surface area contributed by atoms with E-state index in [1.54, 1.807) is 20.8 Å². The number of hydrogen-bond donors (Lipinski definition) is 3. The molecule has 1 heterocycles. The Hall–Kier alpha value is -2.28. The van der Waals surface area contributed by atoms with Crippen molar-refractivity contribution in [1.29, 1.82) is 0 Å². The zero-order valence-electron chi connectivity index (χ0n) is 38.4. The highest BCUT2D eigenvalue weighted by atomic mass is 35.5. The SMILES string of the molecule is C#CCOCC(O)COc1c(Cl)cc(C2(c3cc(Cl)c(OCC(C)CO)c(Cl)c3)CCCCC2)cc1Cl.C=CC(=O)NC(C)(C)C.CC(C)(C)N1CC1.CC(C)(C)OS(C)(=O)=O. The van der Waals surface area contributed by atoms with Crippen LogP contribution >= 0.6 is 46.4 Å². The maximum Gasteiger partial charge on any atom is 0.264 e. The van der Waals surface area contributed by atoms with Gasteiger partial charge in [0.2, 0.25) is 5.91 Å². The van der Waals surface area contributed by atoms with Crippen LogP contribution in [0.15, 0.2) is 36.9 Å². The van der Waals surface area contributed by atoms with Crippen molar-refractivity contribution in [1.82, 2.24) is 10.2 Å². The van der Waals surface area contributed by atoms with Crippen molar-refractivity contribution in [3.05, 3.63) is 68.1 Å². The molecule has 2 aromatic rings. The van der Waals surface area contributed by atoms with E-state index in [2.05, 4.69) is 47.7 Å². The topological polar surface area (TPSA) is 144 Å². The normalized spacial score (nSPS) is 16.0. The summed E-state index contributed by atoms with van der Waals surface area (Å²) in [7, 11) is -3.28. The molecule has 1 saturated carbocycles. The number of nitrogens with one attached hydrogen (secondary N) is 1. The number of halogens is 4. The highest BCUT2D eigenvalue weighted by Crippen LogP contribution is 2.50. The highest BCUT2D eigenvalue weighted by Gasteiger charge is 2.38. The van der Waals surface area contributed by atoms with Crippen LogP contribution in [0.3, 0.4) is 0 Å². The molecule has 2 fully saturated rings.